The number of furan rings is 1. The van der Waals surface area contributed by atoms with Crippen molar-refractivity contribution >= 4 is 5.69 Å². The number of alkyl halides is 3. The van der Waals surface area contributed by atoms with E-state index in [1.165, 1.54) is 18.2 Å². The Morgan fingerprint density at radius 2 is 1.89 bits per heavy atom. The van der Waals surface area contributed by atoms with Crippen LogP contribution in [0.5, 0.6) is 5.75 Å². The third-order valence-corrected chi connectivity index (χ3v) is 2.36. The Balaban J connectivity index is 2.07. The van der Waals surface area contributed by atoms with Gasteiger partial charge in [-0.2, -0.15) is 0 Å². The summed E-state index contributed by atoms with van der Waals surface area (Å²) in [5.41, 5.74) is 0.258. The highest BCUT2D eigenvalue weighted by Crippen LogP contribution is 2.30. The number of benzene rings is 1. The monoisotopic (exact) mass is 271 g/mol. The van der Waals surface area contributed by atoms with Gasteiger partial charge in [0, 0.05) is 0 Å². The molecule has 0 saturated heterocycles. The van der Waals surface area contributed by atoms with Gasteiger partial charge in [0.15, 0.2) is 5.75 Å². The van der Waals surface area contributed by atoms with Crippen LogP contribution < -0.4 is 10.1 Å². The molecule has 1 N–H and O–H groups in total. The quantitative estimate of drug-likeness (QED) is 0.909. The highest BCUT2D eigenvalue weighted by Gasteiger charge is 2.32. The van der Waals surface area contributed by atoms with Crippen LogP contribution in [0.4, 0.5) is 18.9 Å². The molecular weight excluding hydrogens is 259 g/mol. The van der Waals surface area contributed by atoms with Crippen molar-refractivity contribution < 1.29 is 22.3 Å². The van der Waals surface area contributed by atoms with E-state index in [0.717, 1.165) is 5.76 Å². The summed E-state index contributed by atoms with van der Waals surface area (Å²) in [4.78, 5) is 0. The molecule has 2 rings (SSSR count). The third kappa shape index (κ3) is 3.94. The van der Waals surface area contributed by atoms with E-state index in [9.17, 15) is 13.2 Å². The van der Waals surface area contributed by atoms with E-state index in [-0.39, 0.29) is 18.0 Å². The summed E-state index contributed by atoms with van der Waals surface area (Å²) in [5.74, 6) is 1.12. The molecule has 0 unspecified atom stereocenters. The maximum Gasteiger partial charge on any atom is 0.573 e. The molecule has 19 heavy (non-hydrogen) atoms. The van der Waals surface area contributed by atoms with E-state index < -0.39 is 6.36 Å². The van der Waals surface area contributed by atoms with Crippen LogP contribution in [-0.2, 0) is 6.54 Å². The number of ether oxygens (including phenoxy) is 1. The van der Waals surface area contributed by atoms with E-state index in [1.807, 2.05) is 0 Å². The number of anilines is 1. The van der Waals surface area contributed by atoms with Crippen LogP contribution >= 0.6 is 0 Å². The minimum atomic E-state index is -4.71. The summed E-state index contributed by atoms with van der Waals surface area (Å²) >= 11 is 0. The molecular formula is C13H12F3NO2. The Bertz CT molecular complexity index is 549. The highest BCUT2D eigenvalue weighted by atomic mass is 19.4. The Morgan fingerprint density at radius 1 is 1.16 bits per heavy atom. The molecule has 1 heterocycles. The first kappa shape index (κ1) is 13.3. The van der Waals surface area contributed by atoms with Crippen molar-refractivity contribution in [3.05, 3.63) is 47.9 Å². The molecule has 0 saturated carbocycles. The van der Waals surface area contributed by atoms with Crippen molar-refractivity contribution in [1.82, 2.24) is 0 Å². The normalized spacial score (nSPS) is 11.4. The first-order valence-corrected chi connectivity index (χ1v) is 5.58. The molecule has 0 spiro atoms. The number of para-hydroxylation sites is 2. The molecule has 6 heteroatoms. The van der Waals surface area contributed by atoms with Crippen LogP contribution in [0.2, 0.25) is 0 Å². The summed E-state index contributed by atoms with van der Waals surface area (Å²) in [6.07, 6.45) is -4.71. The van der Waals surface area contributed by atoms with Crippen LogP contribution in [0, 0.1) is 6.92 Å². The minimum absolute atomic E-state index is 0.258. The molecule has 0 bridgehead atoms. The largest absolute Gasteiger partial charge is 0.573 e. The molecule has 0 aliphatic heterocycles. The number of nitrogens with one attached hydrogen (secondary N) is 1. The SMILES string of the molecule is Cc1ccc(CNc2ccccc2OC(F)(F)F)o1. The summed E-state index contributed by atoms with van der Waals surface area (Å²) in [6, 6.07) is 9.41. The Labute approximate surface area is 108 Å². The lowest BCUT2D eigenvalue weighted by atomic mass is 10.3. The van der Waals surface area contributed by atoms with Gasteiger partial charge in [-0.3, -0.25) is 0 Å². The molecule has 0 amide bonds. The van der Waals surface area contributed by atoms with Gasteiger partial charge in [-0.05, 0) is 31.2 Å². The average Bonchev–Trinajstić information content (AvgIpc) is 2.72. The van der Waals surface area contributed by atoms with Crippen LogP contribution in [0.1, 0.15) is 11.5 Å². The summed E-state index contributed by atoms with van der Waals surface area (Å²) < 4.78 is 45.9. The lowest BCUT2D eigenvalue weighted by molar-refractivity contribution is -0.274. The fraction of sp³-hybridized carbons (Fsp3) is 0.231. The smallest absolute Gasteiger partial charge is 0.465 e. The first-order chi connectivity index (χ1) is 8.94. The van der Waals surface area contributed by atoms with Gasteiger partial charge in [-0.25, -0.2) is 0 Å². The van der Waals surface area contributed by atoms with E-state index in [4.69, 9.17) is 4.42 Å². The molecule has 3 nitrogen and oxygen atoms in total. The van der Waals surface area contributed by atoms with E-state index in [2.05, 4.69) is 10.1 Å². The van der Waals surface area contributed by atoms with Gasteiger partial charge in [0.25, 0.3) is 0 Å². The van der Waals surface area contributed by atoms with Crippen molar-refractivity contribution in [3.8, 4) is 5.75 Å². The Hall–Kier alpha value is -2.11. The van der Waals surface area contributed by atoms with Crippen molar-refractivity contribution in [2.45, 2.75) is 19.8 Å². The predicted octanol–water partition coefficient (Wildman–Crippen LogP) is 4.10. The zero-order valence-electron chi connectivity index (χ0n) is 10.1. The Morgan fingerprint density at radius 3 is 2.53 bits per heavy atom. The molecule has 1 aromatic heterocycles. The van der Waals surface area contributed by atoms with Crippen LogP contribution in [-0.4, -0.2) is 6.36 Å². The van der Waals surface area contributed by atoms with Crippen LogP contribution in [0.15, 0.2) is 40.8 Å². The topological polar surface area (TPSA) is 34.4 Å². The predicted molar refractivity (Wildman–Crippen MR) is 63.9 cm³/mol. The fourth-order valence-corrected chi connectivity index (χ4v) is 1.59. The Kier molecular flexibility index (Phi) is 3.69. The van der Waals surface area contributed by atoms with Crippen molar-refractivity contribution in [3.63, 3.8) is 0 Å². The van der Waals surface area contributed by atoms with Crippen LogP contribution in [0.3, 0.4) is 0 Å². The summed E-state index contributed by atoms with van der Waals surface area (Å²) in [5, 5.41) is 2.85. The van der Waals surface area contributed by atoms with Crippen LogP contribution in [0.25, 0.3) is 0 Å². The van der Waals surface area contributed by atoms with E-state index >= 15 is 0 Å². The number of hydrogen-bond acceptors (Lipinski definition) is 3. The summed E-state index contributed by atoms with van der Waals surface area (Å²) in [6.45, 7) is 2.08. The average molecular weight is 271 g/mol. The molecule has 0 atom stereocenters. The van der Waals surface area contributed by atoms with E-state index in [1.54, 1.807) is 25.1 Å². The second-order valence-electron chi connectivity index (χ2n) is 3.91. The van der Waals surface area contributed by atoms with Gasteiger partial charge in [-0.15, -0.1) is 13.2 Å². The van der Waals surface area contributed by atoms with Gasteiger partial charge in [0.2, 0.25) is 0 Å². The summed E-state index contributed by atoms with van der Waals surface area (Å²) in [7, 11) is 0. The van der Waals surface area contributed by atoms with E-state index in [0.29, 0.717) is 5.76 Å². The van der Waals surface area contributed by atoms with Gasteiger partial charge in [0.05, 0.1) is 12.2 Å². The van der Waals surface area contributed by atoms with Gasteiger partial charge in [-0.1, -0.05) is 12.1 Å². The number of halogens is 3. The standard InChI is InChI=1S/C13H12F3NO2/c1-9-6-7-10(18-9)8-17-11-4-2-3-5-12(11)19-13(14,15)16/h2-7,17H,8H2,1H3. The van der Waals surface area contributed by atoms with Crippen molar-refractivity contribution in [2.24, 2.45) is 0 Å². The number of aryl methyl sites for hydroxylation is 1. The fourth-order valence-electron chi connectivity index (χ4n) is 1.59. The zero-order chi connectivity index (χ0) is 13.9. The number of hydrogen-bond donors (Lipinski definition) is 1. The first-order valence-electron chi connectivity index (χ1n) is 5.58. The molecule has 0 radical (unpaired) electrons. The second kappa shape index (κ2) is 5.26. The maximum atomic E-state index is 12.2. The van der Waals surface area contributed by atoms with Gasteiger partial charge >= 0.3 is 6.36 Å². The van der Waals surface area contributed by atoms with Gasteiger partial charge < -0.3 is 14.5 Å². The molecule has 1 aromatic carbocycles. The molecule has 102 valence electrons. The molecule has 0 fully saturated rings. The van der Waals surface area contributed by atoms with Crippen molar-refractivity contribution in [2.75, 3.05) is 5.32 Å². The highest BCUT2D eigenvalue weighted by molar-refractivity contribution is 5.56. The third-order valence-electron chi connectivity index (χ3n) is 2.36. The molecule has 0 aliphatic rings. The second-order valence-corrected chi connectivity index (χ2v) is 3.91. The minimum Gasteiger partial charge on any atom is -0.465 e. The lowest BCUT2D eigenvalue weighted by Gasteiger charge is -2.13. The van der Waals surface area contributed by atoms with Crippen molar-refractivity contribution in [1.29, 1.82) is 0 Å². The van der Waals surface area contributed by atoms with Gasteiger partial charge in [0.1, 0.15) is 11.5 Å². The molecule has 2 aromatic rings. The zero-order valence-corrected chi connectivity index (χ0v) is 10.1. The number of rotatable bonds is 4. The lowest BCUT2D eigenvalue weighted by Crippen LogP contribution is -2.18. The molecule has 0 aliphatic carbocycles. The maximum absolute atomic E-state index is 12.2.